The maximum atomic E-state index is 4.17. The zero-order chi connectivity index (χ0) is 11.4. The summed E-state index contributed by atoms with van der Waals surface area (Å²) in [4.78, 5) is 10.7. The van der Waals surface area contributed by atoms with Gasteiger partial charge in [-0.1, -0.05) is 0 Å². The van der Waals surface area contributed by atoms with E-state index in [4.69, 9.17) is 0 Å². The molecule has 1 aromatic rings. The maximum Gasteiger partial charge on any atom is 0.130 e. The molecular weight excluding hydrogens is 268 g/mol. The van der Waals surface area contributed by atoms with E-state index in [0.717, 1.165) is 17.0 Å². The number of nitrogens with zero attached hydrogens (tertiary/aromatic N) is 3. The highest BCUT2D eigenvalue weighted by Gasteiger charge is 2.17. The third-order valence-electron chi connectivity index (χ3n) is 2.98. The molecule has 0 bridgehead atoms. The largest absolute Gasteiger partial charge is 0.368 e. The minimum Gasteiger partial charge on any atom is -0.368 e. The van der Waals surface area contributed by atoms with E-state index in [0.29, 0.717) is 6.04 Å². The molecule has 0 aromatic carbocycles. The van der Waals surface area contributed by atoms with Gasteiger partial charge < -0.3 is 5.32 Å². The molecule has 0 spiro atoms. The number of aromatic nitrogens is 2. The minimum absolute atomic E-state index is 0.566. The average molecular weight is 285 g/mol. The first kappa shape index (κ1) is 11.8. The Hall–Kier alpha value is -0.680. The van der Waals surface area contributed by atoms with Crippen LogP contribution in [-0.4, -0.2) is 40.5 Å². The fourth-order valence-corrected chi connectivity index (χ4v) is 2.30. The Labute approximate surface area is 105 Å². The van der Waals surface area contributed by atoms with Crippen LogP contribution in [0.15, 0.2) is 17.0 Å². The smallest absolute Gasteiger partial charge is 0.130 e. The van der Waals surface area contributed by atoms with E-state index < -0.39 is 0 Å². The third kappa shape index (κ3) is 3.15. The van der Waals surface area contributed by atoms with Gasteiger partial charge in [0.15, 0.2) is 0 Å². The summed E-state index contributed by atoms with van der Waals surface area (Å²) in [5.41, 5.74) is 0. The summed E-state index contributed by atoms with van der Waals surface area (Å²) in [6.07, 6.45) is 4.24. The second-order valence-corrected chi connectivity index (χ2v) is 5.01. The van der Waals surface area contributed by atoms with Crippen molar-refractivity contribution < 1.29 is 0 Å². The van der Waals surface area contributed by atoms with Crippen molar-refractivity contribution in [2.75, 3.05) is 25.0 Å². The molecule has 4 nitrogen and oxygen atoms in total. The molecule has 0 aliphatic carbocycles. The highest BCUT2D eigenvalue weighted by Crippen LogP contribution is 2.13. The highest BCUT2D eigenvalue weighted by molar-refractivity contribution is 9.10. The summed E-state index contributed by atoms with van der Waals surface area (Å²) < 4.78 is 0.818. The number of anilines is 1. The molecular formula is C11H17BrN4. The van der Waals surface area contributed by atoms with Gasteiger partial charge >= 0.3 is 0 Å². The maximum absolute atomic E-state index is 4.17. The van der Waals surface area contributed by atoms with E-state index in [1.54, 1.807) is 6.33 Å². The van der Waals surface area contributed by atoms with Crippen molar-refractivity contribution in [3.8, 4) is 0 Å². The van der Waals surface area contributed by atoms with Crippen LogP contribution in [0.1, 0.15) is 19.8 Å². The molecule has 88 valence electrons. The van der Waals surface area contributed by atoms with Crippen molar-refractivity contribution in [1.29, 1.82) is 0 Å². The van der Waals surface area contributed by atoms with Gasteiger partial charge in [0.05, 0.1) is 0 Å². The number of hydrogen-bond donors (Lipinski definition) is 1. The van der Waals surface area contributed by atoms with Crippen LogP contribution in [0.25, 0.3) is 0 Å². The summed E-state index contributed by atoms with van der Waals surface area (Å²) in [6.45, 7) is 5.66. The van der Waals surface area contributed by atoms with Gasteiger partial charge in [0.25, 0.3) is 0 Å². The van der Waals surface area contributed by atoms with Crippen molar-refractivity contribution in [3.05, 3.63) is 17.0 Å². The number of nitrogens with one attached hydrogen (secondary N) is 1. The zero-order valence-corrected chi connectivity index (χ0v) is 11.1. The first-order valence-corrected chi connectivity index (χ1v) is 6.50. The molecule has 1 atom stereocenters. The molecule has 16 heavy (non-hydrogen) atoms. The highest BCUT2D eigenvalue weighted by atomic mass is 79.9. The molecule has 1 aromatic heterocycles. The van der Waals surface area contributed by atoms with Gasteiger partial charge in [-0.05, 0) is 48.8 Å². The third-order valence-corrected chi connectivity index (χ3v) is 3.41. The lowest BCUT2D eigenvalue weighted by molar-refractivity contribution is 0.269. The molecule has 1 N–H and O–H groups in total. The van der Waals surface area contributed by atoms with Gasteiger partial charge in [0.1, 0.15) is 16.7 Å². The fourth-order valence-electron chi connectivity index (χ4n) is 1.99. The predicted molar refractivity (Wildman–Crippen MR) is 68.5 cm³/mol. The van der Waals surface area contributed by atoms with Crippen molar-refractivity contribution >= 4 is 21.7 Å². The second kappa shape index (κ2) is 5.59. The van der Waals surface area contributed by atoms with E-state index >= 15 is 0 Å². The van der Waals surface area contributed by atoms with Crippen molar-refractivity contribution in [3.63, 3.8) is 0 Å². The lowest BCUT2D eigenvalue weighted by Gasteiger charge is -2.23. The normalized spacial score (nSPS) is 18.6. The van der Waals surface area contributed by atoms with Gasteiger partial charge in [-0.25, -0.2) is 9.97 Å². The van der Waals surface area contributed by atoms with Gasteiger partial charge in [-0.15, -0.1) is 0 Å². The van der Waals surface area contributed by atoms with Crippen LogP contribution in [0.2, 0.25) is 0 Å². The summed E-state index contributed by atoms with van der Waals surface area (Å²) in [5, 5.41) is 3.34. The van der Waals surface area contributed by atoms with Crippen molar-refractivity contribution in [2.24, 2.45) is 0 Å². The molecule has 0 amide bonds. The van der Waals surface area contributed by atoms with Gasteiger partial charge in [0.2, 0.25) is 0 Å². The van der Waals surface area contributed by atoms with E-state index in [-0.39, 0.29) is 0 Å². The van der Waals surface area contributed by atoms with E-state index in [2.05, 4.69) is 43.0 Å². The molecule has 1 saturated heterocycles. The van der Waals surface area contributed by atoms with Crippen LogP contribution < -0.4 is 5.32 Å². The fraction of sp³-hybridized carbons (Fsp3) is 0.636. The monoisotopic (exact) mass is 284 g/mol. The SMILES string of the molecule is CC(CNc1cc(Br)ncn1)N1CCCC1. The van der Waals surface area contributed by atoms with E-state index in [1.165, 1.54) is 25.9 Å². The molecule has 5 heteroatoms. The molecule has 0 radical (unpaired) electrons. The second-order valence-electron chi connectivity index (χ2n) is 4.20. The zero-order valence-electron chi connectivity index (χ0n) is 9.49. The van der Waals surface area contributed by atoms with Crippen molar-refractivity contribution in [2.45, 2.75) is 25.8 Å². The molecule has 2 heterocycles. The summed E-state index contributed by atoms with van der Waals surface area (Å²) in [6, 6.07) is 2.47. The minimum atomic E-state index is 0.566. The Morgan fingerprint density at radius 1 is 1.44 bits per heavy atom. The van der Waals surface area contributed by atoms with Crippen LogP contribution in [-0.2, 0) is 0 Å². The molecule has 1 aliphatic heterocycles. The van der Waals surface area contributed by atoms with Crippen LogP contribution >= 0.6 is 15.9 Å². The molecule has 0 saturated carbocycles. The summed E-state index contributed by atoms with van der Waals surface area (Å²) in [7, 11) is 0. The molecule has 2 rings (SSSR count). The van der Waals surface area contributed by atoms with Gasteiger partial charge in [-0.2, -0.15) is 0 Å². The van der Waals surface area contributed by atoms with Gasteiger partial charge in [0, 0.05) is 18.7 Å². The predicted octanol–water partition coefficient (Wildman–Crippen LogP) is 2.14. The Kier molecular flexibility index (Phi) is 4.12. The number of likely N-dealkylation sites (tertiary alicyclic amines) is 1. The average Bonchev–Trinajstić information content (AvgIpc) is 2.79. The molecule has 1 unspecified atom stereocenters. The topological polar surface area (TPSA) is 41.1 Å². The van der Waals surface area contributed by atoms with Gasteiger partial charge in [-0.3, -0.25) is 4.90 Å². The number of rotatable bonds is 4. The van der Waals surface area contributed by atoms with Crippen LogP contribution in [0.3, 0.4) is 0 Å². The molecule has 1 fully saturated rings. The number of halogens is 1. The Morgan fingerprint density at radius 2 is 2.19 bits per heavy atom. The lowest BCUT2D eigenvalue weighted by atomic mass is 10.3. The first-order chi connectivity index (χ1) is 7.75. The van der Waals surface area contributed by atoms with Crippen LogP contribution in [0.4, 0.5) is 5.82 Å². The quantitative estimate of drug-likeness (QED) is 0.860. The Morgan fingerprint density at radius 3 is 2.88 bits per heavy atom. The van der Waals surface area contributed by atoms with E-state index in [9.17, 15) is 0 Å². The lowest BCUT2D eigenvalue weighted by Crippen LogP contribution is -2.35. The first-order valence-electron chi connectivity index (χ1n) is 5.71. The van der Waals surface area contributed by atoms with Crippen LogP contribution in [0.5, 0.6) is 0 Å². The van der Waals surface area contributed by atoms with Crippen LogP contribution in [0, 0.1) is 0 Å². The standard InChI is InChI=1S/C11H17BrN4/c1-9(16-4-2-3-5-16)7-13-11-6-10(12)14-8-15-11/h6,8-9H,2-5,7H2,1H3,(H,13,14,15). The number of hydrogen-bond acceptors (Lipinski definition) is 4. The summed E-state index contributed by atoms with van der Waals surface area (Å²) >= 11 is 3.33. The van der Waals surface area contributed by atoms with Crippen molar-refractivity contribution in [1.82, 2.24) is 14.9 Å². The Balaban J connectivity index is 1.82. The summed E-state index contributed by atoms with van der Waals surface area (Å²) in [5.74, 6) is 0.882. The Bertz CT molecular complexity index is 339. The van der Waals surface area contributed by atoms with E-state index in [1.807, 2.05) is 6.07 Å². The molecule has 1 aliphatic rings.